The Morgan fingerprint density at radius 2 is 1.92 bits per heavy atom. The van der Waals surface area contributed by atoms with Crippen molar-refractivity contribution in [1.82, 2.24) is 15.1 Å². The first-order chi connectivity index (χ1) is 12.6. The third-order valence-corrected chi connectivity index (χ3v) is 4.84. The van der Waals surface area contributed by atoms with Gasteiger partial charge in [0.1, 0.15) is 10.9 Å². The molecule has 0 unspecified atom stereocenters. The maximum absolute atomic E-state index is 12.9. The SMILES string of the molecule is Cc1nn(-c2ccccc2)c(Cl)c1C(=O)N[C@H]1CCOc2ccccc21. The monoisotopic (exact) mass is 367 g/mol. The topological polar surface area (TPSA) is 56.2 Å². The van der Waals surface area contributed by atoms with E-state index in [-0.39, 0.29) is 11.9 Å². The average Bonchev–Trinajstić information content (AvgIpc) is 2.97. The molecule has 0 bridgehead atoms. The molecule has 2 heterocycles. The van der Waals surface area contributed by atoms with Crippen LogP contribution < -0.4 is 10.1 Å². The van der Waals surface area contributed by atoms with E-state index in [0.717, 1.165) is 17.0 Å². The Bertz CT molecular complexity index is 953. The molecule has 1 N–H and O–H groups in total. The number of ether oxygens (including phenoxy) is 1. The second-order valence-corrected chi connectivity index (χ2v) is 6.56. The van der Waals surface area contributed by atoms with Gasteiger partial charge in [0.25, 0.3) is 5.91 Å². The van der Waals surface area contributed by atoms with E-state index in [2.05, 4.69) is 10.4 Å². The van der Waals surface area contributed by atoms with Gasteiger partial charge in [0, 0.05) is 12.0 Å². The quantitative estimate of drug-likeness (QED) is 0.758. The van der Waals surface area contributed by atoms with E-state index in [9.17, 15) is 4.79 Å². The molecule has 5 nitrogen and oxygen atoms in total. The lowest BCUT2D eigenvalue weighted by atomic mass is 10.0. The number of aromatic nitrogens is 2. The highest BCUT2D eigenvalue weighted by Gasteiger charge is 2.27. The minimum absolute atomic E-state index is 0.108. The minimum atomic E-state index is -0.226. The van der Waals surface area contributed by atoms with Crippen LogP contribution in [0.1, 0.15) is 34.1 Å². The molecule has 26 heavy (non-hydrogen) atoms. The Labute approximate surface area is 156 Å². The van der Waals surface area contributed by atoms with Gasteiger partial charge >= 0.3 is 0 Å². The number of hydrogen-bond acceptors (Lipinski definition) is 3. The van der Waals surface area contributed by atoms with Crippen molar-refractivity contribution in [2.75, 3.05) is 6.61 Å². The minimum Gasteiger partial charge on any atom is -0.493 e. The van der Waals surface area contributed by atoms with Gasteiger partial charge in [-0.25, -0.2) is 4.68 Å². The molecule has 3 aromatic rings. The summed E-state index contributed by atoms with van der Waals surface area (Å²) in [6, 6.07) is 17.2. The van der Waals surface area contributed by atoms with Crippen molar-refractivity contribution in [3.63, 3.8) is 0 Å². The summed E-state index contributed by atoms with van der Waals surface area (Å²) in [5, 5.41) is 7.83. The Hall–Kier alpha value is -2.79. The molecule has 0 radical (unpaired) electrons. The molecule has 1 aromatic heterocycles. The normalized spacial score (nSPS) is 15.8. The predicted molar refractivity (Wildman–Crippen MR) is 100 cm³/mol. The first kappa shape index (κ1) is 16.7. The highest BCUT2D eigenvalue weighted by atomic mass is 35.5. The van der Waals surface area contributed by atoms with Crippen LogP contribution in [0, 0.1) is 6.92 Å². The largest absolute Gasteiger partial charge is 0.493 e. The van der Waals surface area contributed by atoms with E-state index < -0.39 is 0 Å². The third-order valence-electron chi connectivity index (χ3n) is 4.50. The van der Waals surface area contributed by atoms with Gasteiger partial charge in [-0.1, -0.05) is 48.0 Å². The summed E-state index contributed by atoms with van der Waals surface area (Å²) >= 11 is 6.49. The maximum Gasteiger partial charge on any atom is 0.256 e. The molecule has 0 fully saturated rings. The summed E-state index contributed by atoms with van der Waals surface area (Å²) in [5.74, 6) is 0.586. The summed E-state index contributed by atoms with van der Waals surface area (Å²) in [4.78, 5) is 12.9. The van der Waals surface area contributed by atoms with E-state index >= 15 is 0 Å². The predicted octanol–water partition coefficient (Wildman–Crippen LogP) is 4.09. The molecule has 1 aliphatic heterocycles. The summed E-state index contributed by atoms with van der Waals surface area (Å²) in [5.41, 5.74) is 2.79. The Kier molecular flexibility index (Phi) is 4.39. The molecular weight excluding hydrogens is 350 g/mol. The number of hydrogen-bond donors (Lipinski definition) is 1. The molecule has 0 saturated heterocycles. The van der Waals surface area contributed by atoms with E-state index in [1.165, 1.54) is 0 Å². The van der Waals surface area contributed by atoms with Crippen LogP contribution in [0.4, 0.5) is 0 Å². The molecule has 132 valence electrons. The van der Waals surface area contributed by atoms with Crippen LogP contribution in [0.2, 0.25) is 5.15 Å². The molecular formula is C20H18ClN3O2. The van der Waals surface area contributed by atoms with E-state index in [0.29, 0.717) is 29.4 Å². The fourth-order valence-electron chi connectivity index (χ4n) is 3.22. The number of nitrogens with one attached hydrogen (secondary N) is 1. The van der Waals surface area contributed by atoms with Crippen LogP contribution in [-0.4, -0.2) is 22.3 Å². The molecule has 0 aliphatic carbocycles. The highest BCUT2D eigenvalue weighted by molar-refractivity contribution is 6.33. The highest BCUT2D eigenvalue weighted by Crippen LogP contribution is 2.32. The van der Waals surface area contributed by atoms with Crippen molar-refractivity contribution in [2.45, 2.75) is 19.4 Å². The molecule has 6 heteroatoms. The Morgan fingerprint density at radius 1 is 1.19 bits per heavy atom. The van der Waals surface area contributed by atoms with Crippen LogP contribution in [0.5, 0.6) is 5.75 Å². The zero-order valence-corrected chi connectivity index (χ0v) is 15.0. The van der Waals surface area contributed by atoms with Crippen molar-refractivity contribution in [3.8, 4) is 11.4 Å². The van der Waals surface area contributed by atoms with Gasteiger partial charge in [0.2, 0.25) is 0 Å². The fourth-order valence-corrected chi connectivity index (χ4v) is 3.58. The van der Waals surface area contributed by atoms with Crippen molar-refractivity contribution < 1.29 is 9.53 Å². The van der Waals surface area contributed by atoms with Crippen LogP contribution in [-0.2, 0) is 0 Å². The third kappa shape index (κ3) is 2.95. The van der Waals surface area contributed by atoms with Crippen LogP contribution in [0.15, 0.2) is 54.6 Å². The van der Waals surface area contributed by atoms with Gasteiger partial charge in [-0.3, -0.25) is 4.79 Å². The number of aryl methyl sites for hydroxylation is 1. The van der Waals surface area contributed by atoms with Gasteiger partial charge in [0.15, 0.2) is 0 Å². The zero-order valence-electron chi connectivity index (χ0n) is 14.3. The average molecular weight is 368 g/mol. The summed E-state index contributed by atoms with van der Waals surface area (Å²) in [6.07, 6.45) is 0.715. The number of nitrogens with zero attached hydrogens (tertiary/aromatic N) is 2. The number of carbonyl (C=O) groups is 1. The summed E-state index contributed by atoms with van der Waals surface area (Å²) < 4.78 is 7.24. The Balaban J connectivity index is 1.63. The lowest BCUT2D eigenvalue weighted by molar-refractivity contribution is 0.0924. The van der Waals surface area contributed by atoms with Gasteiger partial charge in [-0.15, -0.1) is 0 Å². The van der Waals surface area contributed by atoms with E-state index in [1.54, 1.807) is 11.6 Å². The van der Waals surface area contributed by atoms with Crippen molar-refractivity contribution >= 4 is 17.5 Å². The van der Waals surface area contributed by atoms with Gasteiger partial charge < -0.3 is 10.1 Å². The van der Waals surface area contributed by atoms with Gasteiger partial charge in [-0.05, 0) is 25.1 Å². The van der Waals surface area contributed by atoms with Gasteiger partial charge in [-0.2, -0.15) is 5.10 Å². The summed E-state index contributed by atoms with van der Waals surface area (Å²) in [6.45, 7) is 2.36. The number of amides is 1. The van der Waals surface area contributed by atoms with Crippen LogP contribution >= 0.6 is 11.6 Å². The maximum atomic E-state index is 12.9. The lowest BCUT2D eigenvalue weighted by Crippen LogP contribution is -2.32. The molecule has 0 saturated carbocycles. The smallest absolute Gasteiger partial charge is 0.256 e. The number of rotatable bonds is 3. The number of para-hydroxylation sites is 2. The summed E-state index contributed by atoms with van der Waals surface area (Å²) in [7, 11) is 0. The number of carbonyl (C=O) groups excluding carboxylic acids is 1. The second kappa shape index (κ2) is 6.84. The van der Waals surface area contributed by atoms with Crippen molar-refractivity contribution in [3.05, 3.63) is 76.6 Å². The zero-order chi connectivity index (χ0) is 18.1. The molecule has 4 rings (SSSR count). The second-order valence-electron chi connectivity index (χ2n) is 6.20. The van der Waals surface area contributed by atoms with Crippen molar-refractivity contribution in [1.29, 1.82) is 0 Å². The van der Waals surface area contributed by atoms with Crippen LogP contribution in [0.25, 0.3) is 5.69 Å². The Morgan fingerprint density at radius 3 is 2.73 bits per heavy atom. The fraction of sp³-hybridized carbons (Fsp3) is 0.200. The first-order valence-corrected chi connectivity index (χ1v) is 8.86. The van der Waals surface area contributed by atoms with Crippen molar-refractivity contribution in [2.24, 2.45) is 0 Å². The molecule has 0 spiro atoms. The van der Waals surface area contributed by atoms with E-state index in [1.807, 2.05) is 54.6 Å². The molecule has 1 amide bonds. The molecule has 1 aliphatic rings. The first-order valence-electron chi connectivity index (χ1n) is 8.48. The molecule has 2 aromatic carbocycles. The van der Waals surface area contributed by atoms with Crippen LogP contribution in [0.3, 0.4) is 0 Å². The molecule has 1 atom stereocenters. The standard InChI is InChI=1S/C20H18ClN3O2/c1-13-18(19(21)24(23-13)14-7-3-2-4-8-14)20(25)22-16-11-12-26-17-10-6-5-9-15(16)17/h2-10,16H,11-12H2,1H3,(H,22,25)/t16-/m0/s1. The van der Waals surface area contributed by atoms with Gasteiger partial charge in [0.05, 0.1) is 29.6 Å². The lowest BCUT2D eigenvalue weighted by Gasteiger charge is -2.26. The number of halogens is 1. The number of benzene rings is 2. The number of fused-ring (bicyclic) bond motifs is 1. The van der Waals surface area contributed by atoms with E-state index in [4.69, 9.17) is 16.3 Å².